The third-order valence-electron chi connectivity index (χ3n) is 7.23. The minimum atomic E-state index is -0.524. The number of aryl methyl sites for hydroxylation is 2. The number of carbonyl (C=O) groups excluding carboxylic acids is 1. The Hall–Kier alpha value is -3.54. The summed E-state index contributed by atoms with van der Waals surface area (Å²) in [6, 6.07) is 18.3. The quantitative estimate of drug-likeness (QED) is 0.649. The molecule has 0 radical (unpaired) electrons. The topological polar surface area (TPSA) is 65.8 Å². The largest absolute Gasteiger partial charge is 0.502 e. The molecule has 1 aliphatic carbocycles. The van der Waals surface area contributed by atoms with Gasteiger partial charge < -0.3 is 10.0 Å². The van der Waals surface area contributed by atoms with Crippen molar-refractivity contribution in [2.75, 3.05) is 18.1 Å². The molecular weight excluding hydrogens is 402 g/mol. The molecule has 0 unspecified atom stereocenters. The van der Waals surface area contributed by atoms with Crippen LogP contribution in [0.25, 0.3) is 0 Å². The number of aromatic hydroxyl groups is 1. The van der Waals surface area contributed by atoms with Crippen LogP contribution in [0.3, 0.4) is 0 Å². The van der Waals surface area contributed by atoms with Crippen LogP contribution in [0.15, 0.2) is 65.6 Å². The van der Waals surface area contributed by atoms with E-state index >= 15 is 0 Å². The number of hydrogen-bond donors (Lipinski definition) is 1. The molecule has 1 N–H and O–H groups in total. The lowest BCUT2D eigenvalue weighted by molar-refractivity contribution is 0.0741. The molecule has 3 aromatic rings. The predicted molar refractivity (Wildman–Crippen MR) is 122 cm³/mol. The Balaban J connectivity index is 1.63. The first-order valence-electron chi connectivity index (χ1n) is 11.3. The highest BCUT2D eigenvalue weighted by atomic mass is 16.3. The summed E-state index contributed by atoms with van der Waals surface area (Å²) in [5.74, 6) is -0.731. The fourth-order valence-electron chi connectivity index (χ4n) is 5.71. The SMILES string of the molecule is O=C1c2c(O)c(=O)ccn2N(C2c3ccccc3CCc3ccccc32)C[C@H]2CCCN12. The number of benzene rings is 2. The molecule has 3 aliphatic rings. The first-order chi connectivity index (χ1) is 15.6. The summed E-state index contributed by atoms with van der Waals surface area (Å²) in [5.41, 5.74) is 4.55. The number of aromatic nitrogens is 1. The lowest BCUT2D eigenvalue weighted by Crippen LogP contribution is -2.45. The molecule has 6 nitrogen and oxygen atoms in total. The van der Waals surface area contributed by atoms with E-state index in [9.17, 15) is 14.7 Å². The van der Waals surface area contributed by atoms with Crippen LogP contribution in [0.2, 0.25) is 0 Å². The summed E-state index contributed by atoms with van der Waals surface area (Å²) >= 11 is 0. The second-order valence-electron chi connectivity index (χ2n) is 8.94. The summed E-state index contributed by atoms with van der Waals surface area (Å²) in [6.45, 7) is 1.28. The molecule has 1 fully saturated rings. The summed E-state index contributed by atoms with van der Waals surface area (Å²) in [7, 11) is 0. The molecule has 6 heteroatoms. The molecule has 32 heavy (non-hydrogen) atoms. The smallest absolute Gasteiger partial charge is 0.276 e. The van der Waals surface area contributed by atoms with Gasteiger partial charge >= 0.3 is 0 Å². The van der Waals surface area contributed by atoms with E-state index in [-0.39, 0.29) is 23.7 Å². The lowest BCUT2D eigenvalue weighted by atomic mass is 9.93. The summed E-state index contributed by atoms with van der Waals surface area (Å²) in [4.78, 5) is 27.6. The number of pyridine rings is 1. The van der Waals surface area contributed by atoms with Crippen molar-refractivity contribution in [2.45, 2.75) is 37.8 Å². The standard InChI is InChI=1S/C26H25N3O3/c30-22-13-15-28-24(25(22)31)26(32)27-14-5-8-19(27)16-29(28)23-20-9-3-1-6-17(20)11-12-18-7-2-4-10-21(18)23/h1-4,6-7,9-10,13,15,19,23,31H,5,8,11-12,14,16H2/t19-/m1/s1. The first-order valence-corrected chi connectivity index (χ1v) is 11.3. The van der Waals surface area contributed by atoms with E-state index in [2.05, 4.69) is 53.5 Å². The molecule has 162 valence electrons. The van der Waals surface area contributed by atoms with Crippen molar-refractivity contribution < 1.29 is 9.90 Å². The number of rotatable bonds is 1. The zero-order chi connectivity index (χ0) is 21.8. The molecule has 1 saturated heterocycles. The number of fused-ring (bicyclic) bond motifs is 4. The van der Waals surface area contributed by atoms with Crippen molar-refractivity contribution in [3.05, 3.63) is 99.0 Å². The molecule has 0 saturated carbocycles. The van der Waals surface area contributed by atoms with Gasteiger partial charge in [0.2, 0.25) is 5.43 Å². The monoisotopic (exact) mass is 427 g/mol. The molecule has 2 aromatic carbocycles. The third-order valence-corrected chi connectivity index (χ3v) is 7.23. The van der Waals surface area contributed by atoms with E-state index in [1.807, 2.05) is 4.90 Å². The van der Waals surface area contributed by atoms with E-state index in [1.54, 1.807) is 10.9 Å². The Morgan fingerprint density at radius 3 is 2.22 bits per heavy atom. The van der Waals surface area contributed by atoms with Gasteiger partial charge in [-0.3, -0.25) is 19.3 Å². The van der Waals surface area contributed by atoms with Gasteiger partial charge in [0.25, 0.3) is 5.91 Å². The van der Waals surface area contributed by atoms with Gasteiger partial charge in [-0.05, 0) is 47.9 Å². The van der Waals surface area contributed by atoms with Gasteiger partial charge in [0.15, 0.2) is 11.4 Å². The minimum Gasteiger partial charge on any atom is -0.502 e. The second kappa shape index (κ2) is 7.26. The summed E-state index contributed by atoms with van der Waals surface area (Å²) in [5, 5.41) is 12.9. The lowest BCUT2D eigenvalue weighted by Gasteiger charge is -2.37. The Morgan fingerprint density at radius 2 is 1.53 bits per heavy atom. The Bertz CT molecular complexity index is 1230. The maximum Gasteiger partial charge on any atom is 0.276 e. The molecule has 6 rings (SSSR count). The Kier molecular flexibility index (Phi) is 4.35. The normalized spacial score (nSPS) is 20.1. The Morgan fingerprint density at radius 1 is 0.875 bits per heavy atom. The van der Waals surface area contributed by atoms with Gasteiger partial charge in [0, 0.05) is 18.8 Å². The number of nitrogens with zero attached hydrogens (tertiary/aromatic N) is 3. The van der Waals surface area contributed by atoms with Gasteiger partial charge in [0.1, 0.15) is 0 Å². The van der Waals surface area contributed by atoms with Crippen LogP contribution in [0.4, 0.5) is 0 Å². The average molecular weight is 428 g/mol. The van der Waals surface area contributed by atoms with Gasteiger partial charge in [-0.25, -0.2) is 0 Å². The van der Waals surface area contributed by atoms with Crippen LogP contribution in [0, 0.1) is 0 Å². The minimum absolute atomic E-state index is 0.0412. The molecule has 3 heterocycles. The predicted octanol–water partition coefficient (Wildman–Crippen LogP) is 3.00. The number of amides is 1. The van der Waals surface area contributed by atoms with Gasteiger partial charge in [-0.2, -0.15) is 0 Å². The van der Waals surface area contributed by atoms with Crippen LogP contribution in [-0.4, -0.2) is 39.7 Å². The number of hydrogen-bond acceptors (Lipinski definition) is 4. The second-order valence-corrected chi connectivity index (χ2v) is 8.94. The van der Waals surface area contributed by atoms with Crippen molar-refractivity contribution >= 4 is 5.91 Å². The van der Waals surface area contributed by atoms with Crippen molar-refractivity contribution in [2.24, 2.45) is 0 Å². The van der Waals surface area contributed by atoms with Gasteiger partial charge in [0.05, 0.1) is 18.6 Å². The molecule has 1 aromatic heterocycles. The highest BCUT2D eigenvalue weighted by Crippen LogP contribution is 2.39. The van der Waals surface area contributed by atoms with Crippen LogP contribution in [0.5, 0.6) is 5.75 Å². The van der Waals surface area contributed by atoms with Crippen molar-refractivity contribution in [3.8, 4) is 5.75 Å². The number of carbonyl (C=O) groups is 1. The zero-order valence-corrected chi connectivity index (χ0v) is 17.8. The third kappa shape index (κ3) is 2.79. The molecule has 0 bridgehead atoms. The maximum atomic E-state index is 13.5. The molecule has 2 aliphatic heterocycles. The van der Waals surface area contributed by atoms with E-state index in [4.69, 9.17) is 0 Å². The van der Waals surface area contributed by atoms with Crippen molar-refractivity contribution in [1.29, 1.82) is 0 Å². The molecule has 1 amide bonds. The molecular formula is C26H25N3O3. The first kappa shape index (κ1) is 19.2. The maximum absolute atomic E-state index is 13.5. The van der Waals surface area contributed by atoms with E-state index < -0.39 is 11.2 Å². The van der Waals surface area contributed by atoms with E-state index in [0.717, 1.165) is 25.7 Å². The fraction of sp³-hybridized carbons (Fsp3) is 0.308. The van der Waals surface area contributed by atoms with Gasteiger partial charge in [-0.1, -0.05) is 48.5 Å². The summed E-state index contributed by atoms with van der Waals surface area (Å²) < 4.78 is 1.74. The van der Waals surface area contributed by atoms with Gasteiger partial charge in [-0.15, -0.1) is 0 Å². The fourth-order valence-corrected chi connectivity index (χ4v) is 5.71. The van der Waals surface area contributed by atoms with Crippen molar-refractivity contribution in [1.82, 2.24) is 9.58 Å². The van der Waals surface area contributed by atoms with Crippen LogP contribution >= 0.6 is 0 Å². The highest BCUT2D eigenvalue weighted by Gasteiger charge is 2.41. The van der Waals surface area contributed by atoms with Crippen LogP contribution in [0.1, 0.15) is 51.6 Å². The molecule has 1 atom stereocenters. The zero-order valence-electron chi connectivity index (χ0n) is 17.8. The van der Waals surface area contributed by atoms with Crippen LogP contribution in [-0.2, 0) is 12.8 Å². The Labute approximate surface area is 186 Å². The van der Waals surface area contributed by atoms with E-state index in [0.29, 0.717) is 13.1 Å². The van der Waals surface area contributed by atoms with E-state index in [1.165, 1.54) is 28.3 Å². The summed E-state index contributed by atoms with van der Waals surface area (Å²) in [6.07, 6.45) is 5.40. The van der Waals surface area contributed by atoms with Crippen LogP contribution < -0.4 is 10.4 Å². The average Bonchev–Trinajstić information content (AvgIpc) is 3.16. The molecule has 0 spiro atoms. The highest BCUT2D eigenvalue weighted by molar-refractivity contribution is 5.96. The van der Waals surface area contributed by atoms with Crippen molar-refractivity contribution in [3.63, 3.8) is 0 Å².